The van der Waals surface area contributed by atoms with Gasteiger partial charge >= 0.3 is 6.01 Å². The largest absolute Gasteiger partial charge is 0.467 e. The maximum Gasteiger partial charge on any atom is 0.318 e. The molecule has 1 aliphatic carbocycles. The molecule has 0 aliphatic heterocycles. The molecule has 0 saturated heterocycles. The first-order valence-electron chi connectivity index (χ1n) is 6.73. The molecule has 2 aromatic heterocycles. The standard InChI is InChI=1S/C14H20N4O/c1-8-12-11(10(6-15)9-4-5-9)7-18(2)13(12)17-14(16-8)19-3/h7,9-10H,4-6,15H2,1-3H3. The van der Waals surface area contributed by atoms with E-state index in [-0.39, 0.29) is 0 Å². The average molecular weight is 260 g/mol. The van der Waals surface area contributed by atoms with E-state index in [0.29, 0.717) is 18.5 Å². The van der Waals surface area contributed by atoms with Gasteiger partial charge in [-0.3, -0.25) is 0 Å². The molecule has 19 heavy (non-hydrogen) atoms. The molecule has 2 heterocycles. The lowest BCUT2D eigenvalue weighted by atomic mass is 9.94. The van der Waals surface area contributed by atoms with E-state index < -0.39 is 0 Å². The fraction of sp³-hybridized carbons (Fsp3) is 0.571. The minimum Gasteiger partial charge on any atom is -0.467 e. The summed E-state index contributed by atoms with van der Waals surface area (Å²) in [4.78, 5) is 8.86. The third kappa shape index (κ3) is 1.98. The molecular formula is C14H20N4O. The number of hydrogen-bond donors (Lipinski definition) is 1. The molecular weight excluding hydrogens is 240 g/mol. The van der Waals surface area contributed by atoms with Crippen molar-refractivity contribution in [2.45, 2.75) is 25.7 Å². The Balaban J connectivity index is 2.20. The number of rotatable bonds is 4. The summed E-state index contributed by atoms with van der Waals surface area (Å²) in [6, 6.07) is 0.425. The van der Waals surface area contributed by atoms with Crippen LogP contribution in [-0.2, 0) is 7.05 Å². The third-order valence-corrected chi connectivity index (χ3v) is 4.03. The Morgan fingerprint density at radius 3 is 2.79 bits per heavy atom. The van der Waals surface area contributed by atoms with E-state index in [1.165, 1.54) is 18.4 Å². The first kappa shape index (κ1) is 12.4. The summed E-state index contributed by atoms with van der Waals surface area (Å²) < 4.78 is 7.20. The molecule has 1 fully saturated rings. The van der Waals surface area contributed by atoms with Crippen LogP contribution in [0.25, 0.3) is 11.0 Å². The number of nitrogens with two attached hydrogens (primary N) is 1. The maximum atomic E-state index is 5.98. The highest BCUT2D eigenvalue weighted by Crippen LogP contribution is 2.44. The van der Waals surface area contributed by atoms with Crippen molar-refractivity contribution >= 4 is 11.0 Å². The normalized spacial score (nSPS) is 16.8. The van der Waals surface area contributed by atoms with Crippen LogP contribution in [0.5, 0.6) is 6.01 Å². The molecule has 2 aromatic rings. The van der Waals surface area contributed by atoms with E-state index in [4.69, 9.17) is 10.5 Å². The quantitative estimate of drug-likeness (QED) is 0.909. The van der Waals surface area contributed by atoms with Gasteiger partial charge in [0.05, 0.1) is 12.8 Å². The zero-order chi connectivity index (χ0) is 13.6. The van der Waals surface area contributed by atoms with Crippen LogP contribution in [0.15, 0.2) is 6.20 Å². The van der Waals surface area contributed by atoms with Gasteiger partial charge in [0.25, 0.3) is 0 Å². The van der Waals surface area contributed by atoms with Gasteiger partial charge in [-0.15, -0.1) is 0 Å². The Hall–Kier alpha value is -1.62. The summed E-state index contributed by atoms with van der Waals surface area (Å²) in [5.41, 5.74) is 9.17. The molecule has 1 saturated carbocycles. The summed E-state index contributed by atoms with van der Waals surface area (Å²) >= 11 is 0. The fourth-order valence-corrected chi connectivity index (χ4v) is 2.90. The number of nitrogens with zero attached hydrogens (tertiary/aromatic N) is 3. The molecule has 2 N–H and O–H groups in total. The van der Waals surface area contributed by atoms with E-state index >= 15 is 0 Å². The van der Waals surface area contributed by atoms with Crippen molar-refractivity contribution in [3.8, 4) is 6.01 Å². The lowest BCUT2D eigenvalue weighted by Crippen LogP contribution is -2.14. The van der Waals surface area contributed by atoms with Crippen LogP contribution in [0.1, 0.15) is 30.0 Å². The zero-order valence-corrected chi connectivity index (χ0v) is 11.7. The zero-order valence-electron chi connectivity index (χ0n) is 11.7. The minimum absolute atomic E-state index is 0.425. The summed E-state index contributed by atoms with van der Waals surface area (Å²) in [5.74, 6) is 1.16. The van der Waals surface area contributed by atoms with Crippen molar-refractivity contribution in [1.29, 1.82) is 0 Å². The van der Waals surface area contributed by atoms with E-state index in [1.807, 2.05) is 18.5 Å². The Labute approximate surface area is 112 Å². The Kier molecular flexibility index (Phi) is 2.93. The third-order valence-electron chi connectivity index (χ3n) is 4.03. The second-order valence-electron chi connectivity index (χ2n) is 5.37. The van der Waals surface area contributed by atoms with Crippen molar-refractivity contribution in [2.75, 3.05) is 13.7 Å². The smallest absolute Gasteiger partial charge is 0.318 e. The highest BCUT2D eigenvalue weighted by atomic mass is 16.5. The van der Waals surface area contributed by atoms with Crippen LogP contribution < -0.4 is 10.5 Å². The second kappa shape index (κ2) is 4.49. The second-order valence-corrected chi connectivity index (χ2v) is 5.37. The van der Waals surface area contributed by atoms with Gasteiger partial charge in [-0.1, -0.05) is 0 Å². The number of fused-ring (bicyclic) bond motifs is 1. The van der Waals surface area contributed by atoms with Crippen molar-refractivity contribution in [3.63, 3.8) is 0 Å². The minimum atomic E-state index is 0.425. The van der Waals surface area contributed by atoms with Gasteiger partial charge in [0.2, 0.25) is 0 Å². The summed E-state index contributed by atoms with van der Waals surface area (Å²) in [7, 11) is 3.61. The first-order valence-corrected chi connectivity index (χ1v) is 6.73. The van der Waals surface area contributed by atoms with Crippen molar-refractivity contribution in [2.24, 2.45) is 18.7 Å². The molecule has 1 aliphatic rings. The first-order chi connectivity index (χ1) is 9.15. The molecule has 3 rings (SSSR count). The Bertz CT molecular complexity index is 615. The fourth-order valence-electron chi connectivity index (χ4n) is 2.90. The van der Waals surface area contributed by atoms with Gasteiger partial charge < -0.3 is 15.0 Å². The molecule has 0 aromatic carbocycles. The molecule has 0 radical (unpaired) electrons. The van der Waals surface area contributed by atoms with Crippen LogP contribution in [0.2, 0.25) is 0 Å². The summed E-state index contributed by atoms with van der Waals surface area (Å²) in [6.07, 6.45) is 4.73. The molecule has 1 unspecified atom stereocenters. The molecule has 102 valence electrons. The van der Waals surface area contributed by atoms with Crippen LogP contribution in [0.3, 0.4) is 0 Å². The van der Waals surface area contributed by atoms with Gasteiger partial charge in [0.1, 0.15) is 5.65 Å². The van der Waals surface area contributed by atoms with Gasteiger partial charge in [-0.25, -0.2) is 0 Å². The van der Waals surface area contributed by atoms with Crippen LogP contribution in [0.4, 0.5) is 0 Å². The average Bonchev–Trinajstić information content (AvgIpc) is 3.17. The van der Waals surface area contributed by atoms with E-state index in [1.54, 1.807) is 7.11 Å². The van der Waals surface area contributed by atoms with Crippen molar-refractivity contribution in [3.05, 3.63) is 17.5 Å². The highest BCUT2D eigenvalue weighted by molar-refractivity contribution is 5.84. The Morgan fingerprint density at radius 2 is 2.21 bits per heavy atom. The van der Waals surface area contributed by atoms with Crippen molar-refractivity contribution < 1.29 is 4.74 Å². The monoisotopic (exact) mass is 260 g/mol. The number of aromatic nitrogens is 3. The van der Waals surface area contributed by atoms with Gasteiger partial charge in [0.15, 0.2) is 0 Å². The van der Waals surface area contributed by atoms with E-state index in [9.17, 15) is 0 Å². The number of methoxy groups -OCH3 is 1. The van der Waals surface area contributed by atoms with Gasteiger partial charge in [-0.05, 0) is 37.8 Å². The van der Waals surface area contributed by atoms with E-state index in [2.05, 4.69) is 16.2 Å². The van der Waals surface area contributed by atoms with Crippen molar-refractivity contribution in [1.82, 2.24) is 14.5 Å². The SMILES string of the molecule is COc1nc(C)c2c(C(CN)C3CC3)cn(C)c2n1. The van der Waals surface area contributed by atoms with Gasteiger partial charge in [0, 0.05) is 24.5 Å². The van der Waals surface area contributed by atoms with E-state index in [0.717, 1.165) is 22.6 Å². The number of aryl methyl sites for hydroxylation is 2. The lowest BCUT2D eigenvalue weighted by Gasteiger charge is -2.13. The van der Waals surface area contributed by atoms with Crippen LogP contribution in [0, 0.1) is 12.8 Å². The van der Waals surface area contributed by atoms with Crippen LogP contribution >= 0.6 is 0 Å². The number of ether oxygens (including phenoxy) is 1. The van der Waals surface area contributed by atoms with Gasteiger partial charge in [-0.2, -0.15) is 9.97 Å². The van der Waals surface area contributed by atoms with Crippen LogP contribution in [-0.4, -0.2) is 28.2 Å². The Morgan fingerprint density at radius 1 is 1.47 bits per heavy atom. The molecule has 0 bridgehead atoms. The summed E-state index contributed by atoms with van der Waals surface area (Å²) in [6.45, 7) is 2.70. The molecule has 0 spiro atoms. The molecule has 1 atom stereocenters. The predicted octanol–water partition coefficient (Wildman–Crippen LogP) is 1.74. The maximum absolute atomic E-state index is 5.98. The summed E-state index contributed by atoms with van der Waals surface area (Å²) in [5, 5.41) is 1.14. The highest BCUT2D eigenvalue weighted by Gasteiger charge is 2.33. The lowest BCUT2D eigenvalue weighted by molar-refractivity contribution is 0.380. The topological polar surface area (TPSA) is 66.0 Å². The number of hydrogen-bond acceptors (Lipinski definition) is 4. The predicted molar refractivity (Wildman–Crippen MR) is 74.3 cm³/mol. The molecule has 5 nitrogen and oxygen atoms in total. The molecule has 5 heteroatoms. The molecule has 0 amide bonds.